The van der Waals surface area contributed by atoms with Crippen molar-refractivity contribution in [3.8, 4) is 78.6 Å². The number of fused-ring (bicyclic) bond motifs is 1. The van der Waals surface area contributed by atoms with Gasteiger partial charge < -0.3 is 5.11 Å². The van der Waals surface area contributed by atoms with Gasteiger partial charge in [0.05, 0.1) is 29.3 Å². The van der Waals surface area contributed by atoms with Crippen molar-refractivity contribution in [1.82, 2.24) is 14.5 Å². The first-order chi connectivity index (χ1) is 35.4. The van der Waals surface area contributed by atoms with E-state index in [-0.39, 0.29) is 39.0 Å². The summed E-state index contributed by atoms with van der Waals surface area (Å²) < 4.78 is 36.7. The van der Waals surface area contributed by atoms with Gasteiger partial charge in [0, 0.05) is 32.6 Å². The maximum Gasteiger partial charge on any atom is 0.149 e. The lowest BCUT2D eigenvalue weighted by Gasteiger charge is -2.27. The second-order valence-electron chi connectivity index (χ2n) is 24.0. The van der Waals surface area contributed by atoms with E-state index in [0.717, 1.165) is 89.0 Å². The molecule has 0 fully saturated rings. The van der Waals surface area contributed by atoms with Gasteiger partial charge in [-0.2, -0.15) is 0 Å². The summed E-state index contributed by atoms with van der Waals surface area (Å²) in [6, 6.07) is 47.3. The standard InChI is InChI=1S/C68H73N3O/c1-41-33-55(44(4)43(3)42(41)2)48-31-32-69-59(38-48)50-34-49(35-52(36-50)66(8,9)10)54-23-20-24-61-62(54)70-64(57-39-53(67(11,12)13)40-58(63(57)72)68(14,15)16)71(61)60-30-27-47(37-56(60)46-21-18-17-19-22-46)45-25-28-51(29-26-45)65(5,6)7/h17-40,72H,1-16H3/i1D3,33D. The first-order valence-electron chi connectivity index (χ1n) is 27.4. The van der Waals surface area contributed by atoms with Crippen molar-refractivity contribution >= 4 is 11.0 Å². The first kappa shape index (κ1) is 44.9. The fourth-order valence-electron chi connectivity index (χ4n) is 9.85. The van der Waals surface area contributed by atoms with Crippen LogP contribution in [-0.2, 0) is 21.7 Å². The Morgan fingerprint density at radius 1 is 0.486 bits per heavy atom. The van der Waals surface area contributed by atoms with Crippen LogP contribution in [0.2, 0.25) is 0 Å². The van der Waals surface area contributed by atoms with Crippen LogP contribution in [0.25, 0.3) is 83.9 Å². The van der Waals surface area contributed by atoms with Gasteiger partial charge in [-0.25, -0.2) is 4.98 Å². The molecule has 0 spiro atoms. The van der Waals surface area contributed by atoms with E-state index >= 15 is 0 Å². The Bertz CT molecular complexity index is 3700. The molecular weight excluding hydrogens is 875 g/mol. The summed E-state index contributed by atoms with van der Waals surface area (Å²) in [6.45, 7) is 29.7. The first-order valence-corrected chi connectivity index (χ1v) is 25.4. The Labute approximate surface area is 435 Å². The van der Waals surface area contributed by atoms with E-state index in [2.05, 4.69) is 203 Å². The Kier molecular flexibility index (Phi) is 11.4. The molecule has 2 aromatic heterocycles. The van der Waals surface area contributed by atoms with Crippen molar-refractivity contribution in [3.63, 3.8) is 0 Å². The number of phenols is 1. The topological polar surface area (TPSA) is 50.9 Å². The normalized spacial score (nSPS) is 13.5. The molecule has 0 aliphatic carbocycles. The number of hydrogen-bond acceptors (Lipinski definition) is 3. The van der Waals surface area contributed by atoms with E-state index in [1.54, 1.807) is 13.1 Å². The molecule has 0 aliphatic rings. The summed E-state index contributed by atoms with van der Waals surface area (Å²) in [7, 11) is 0. The average Bonchev–Trinajstić information content (AvgIpc) is 3.81. The number of imidazole rings is 1. The molecule has 0 aliphatic heterocycles. The molecule has 1 N–H and O–H groups in total. The van der Waals surface area contributed by atoms with Crippen molar-refractivity contribution in [2.75, 3.05) is 0 Å². The number of rotatable bonds is 7. The highest BCUT2D eigenvalue weighted by Gasteiger charge is 2.30. The summed E-state index contributed by atoms with van der Waals surface area (Å²) in [5.41, 5.74) is 18.2. The molecule has 0 saturated carbocycles. The van der Waals surface area contributed by atoms with Gasteiger partial charge in [-0.05, 0) is 170 Å². The predicted octanol–water partition coefficient (Wildman–Crippen LogP) is 18.6. The molecule has 72 heavy (non-hydrogen) atoms. The van der Waals surface area contributed by atoms with E-state index in [4.69, 9.17) is 14.1 Å². The lowest BCUT2D eigenvalue weighted by Crippen LogP contribution is -2.17. The molecule has 0 bridgehead atoms. The zero-order chi connectivity index (χ0) is 55.2. The molecular formula is C68H73N3O. The molecule has 0 unspecified atom stereocenters. The highest BCUT2D eigenvalue weighted by atomic mass is 16.3. The minimum Gasteiger partial charge on any atom is -0.507 e. The molecule has 0 radical (unpaired) electrons. The highest BCUT2D eigenvalue weighted by Crippen LogP contribution is 2.46. The zero-order valence-corrected chi connectivity index (χ0v) is 45.1. The number of benzene rings is 7. The van der Waals surface area contributed by atoms with Crippen molar-refractivity contribution in [2.24, 2.45) is 0 Å². The molecule has 4 heteroatoms. The highest BCUT2D eigenvalue weighted by molar-refractivity contribution is 5.98. The molecule has 0 saturated heterocycles. The smallest absolute Gasteiger partial charge is 0.149 e. The lowest BCUT2D eigenvalue weighted by molar-refractivity contribution is 0.446. The van der Waals surface area contributed by atoms with Crippen LogP contribution in [-0.4, -0.2) is 19.6 Å². The zero-order valence-electron chi connectivity index (χ0n) is 49.1. The van der Waals surface area contributed by atoms with Crippen molar-refractivity contribution in [2.45, 2.75) is 132 Å². The number of aromatic nitrogens is 3. The molecule has 9 rings (SSSR count). The summed E-state index contributed by atoms with van der Waals surface area (Å²) in [4.78, 5) is 10.7. The maximum atomic E-state index is 12.7. The van der Waals surface area contributed by atoms with Gasteiger partial charge in [0.2, 0.25) is 0 Å². The van der Waals surface area contributed by atoms with Gasteiger partial charge >= 0.3 is 0 Å². The SMILES string of the molecule is [2H]c1c(-c2ccnc(-c3cc(-c4cccc5c4nc(-c4cc(C(C)(C)C)cc(C(C)(C)C)c4O)n5-c4ccc(-c5ccc(C(C)(C)C)cc5)cc4-c4ccccc4)cc(C(C)(C)C)c3)c2)c(C)c(C)c(C)c1C([2H])([2H])[2H]. The summed E-state index contributed by atoms with van der Waals surface area (Å²) >= 11 is 0. The second-order valence-corrected chi connectivity index (χ2v) is 24.0. The molecule has 366 valence electrons. The van der Waals surface area contributed by atoms with Crippen LogP contribution in [0.1, 0.15) is 133 Å². The van der Waals surface area contributed by atoms with Crippen LogP contribution in [0.3, 0.4) is 0 Å². The molecule has 9 aromatic rings. The summed E-state index contributed by atoms with van der Waals surface area (Å²) in [5, 5.41) is 12.7. The minimum atomic E-state index is -2.44. The molecule has 7 aromatic carbocycles. The molecule has 2 heterocycles. The van der Waals surface area contributed by atoms with Crippen LogP contribution in [0, 0.1) is 27.6 Å². The third-order valence-corrected chi connectivity index (χ3v) is 14.7. The Hall–Kier alpha value is -7.04. The van der Waals surface area contributed by atoms with Gasteiger partial charge in [0.1, 0.15) is 11.6 Å². The van der Waals surface area contributed by atoms with Crippen LogP contribution in [0.5, 0.6) is 5.75 Å². The molecule has 0 atom stereocenters. The van der Waals surface area contributed by atoms with Crippen molar-refractivity contribution in [1.29, 1.82) is 0 Å². The third kappa shape index (κ3) is 9.45. The quantitative estimate of drug-likeness (QED) is 0.173. The number of hydrogen-bond donors (Lipinski definition) is 1. The lowest BCUT2D eigenvalue weighted by atomic mass is 9.79. The van der Waals surface area contributed by atoms with Gasteiger partial charge in [0.25, 0.3) is 0 Å². The van der Waals surface area contributed by atoms with Crippen LogP contribution < -0.4 is 0 Å². The van der Waals surface area contributed by atoms with Gasteiger partial charge in [0.15, 0.2) is 0 Å². The predicted molar refractivity (Wildman–Crippen MR) is 307 cm³/mol. The monoisotopic (exact) mass is 952 g/mol. The van der Waals surface area contributed by atoms with Gasteiger partial charge in [-0.15, -0.1) is 0 Å². The Morgan fingerprint density at radius 3 is 1.79 bits per heavy atom. The number of nitrogens with zero attached hydrogens (tertiary/aromatic N) is 3. The van der Waals surface area contributed by atoms with Crippen LogP contribution in [0.15, 0.2) is 146 Å². The summed E-state index contributed by atoms with van der Waals surface area (Å²) in [6.07, 6.45) is 1.76. The van der Waals surface area contributed by atoms with Crippen molar-refractivity contribution in [3.05, 3.63) is 190 Å². The van der Waals surface area contributed by atoms with E-state index in [1.165, 1.54) is 5.56 Å². The van der Waals surface area contributed by atoms with E-state index in [9.17, 15) is 6.48 Å². The fourth-order valence-corrected chi connectivity index (χ4v) is 9.85. The second kappa shape index (κ2) is 18.2. The average molecular weight is 952 g/mol. The van der Waals surface area contributed by atoms with Gasteiger partial charge in [-0.1, -0.05) is 174 Å². The fraction of sp³-hybridized carbons (Fsp3) is 0.294. The molecule has 0 amide bonds. The van der Waals surface area contributed by atoms with E-state index in [1.807, 2.05) is 32.0 Å². The Morgan fingerprint density at radius 2 is 1.14 bits per heavy atom. The third-order valence-electron chi connectivity index (χ3n) is 14.7. The number of aromatic hydroxyl groups is 1. The van der Waals surface area contributed by atoms with Gasteiger partial charge in [-0.3, -0.25) is 9.55 Å². The van der Waals surface area contributed by atoms with Crippen molar-refractivity contribution < 1.29 is 10.6 Å². The molecule has 4 nitrogen and oxygen atoms in total. The maximum absolute atomic E-state index is 12.7. The number of phenolic OH excluding ortho intramolecular Hbond substituents is 1. The van der Waals surface area contributed by atoms with E-state index in [0.29, 0.717) is 28.2 Å². The Balaban J connectivity index is 1.34. The minimum absolute atomic E-state index is 0.0217. The largest absolute Gasteiger partial charge is 0.507 e. The number of pyridine rings is 1. The van der Waals surface area contributed by atoms with Crippen LogP contribution in [0.4, 0.5) is 0 Å². The van der Waals surface area contributed by atoms with E-state index < -0.39 is 6.85 Å². The number of para-hydroxylation sites is 1. The van der Waals surface area contributed by atoms with Crippen LogP contribution >= 0.6 is 0 Å². The summed E-state index contributed by atoms with van der Waals surface area (Å²) in [5.74, 6) is 0.836.